The van der Waals surface area contributed by atoms with Crippen molar-refractivity contribution in [2.75, 3.05) is 13.6 Å². The molecule has 0 saturated carbocycles. The topological polar surface area (TPSA) is 83.5 Å². The number of carbonyl (C=O) groups excluding carboxylic acids is 1. The summed E-state index contributed by atoms with van der Waals surface area (Å²) in [5.74, 6) is 2.19. The molecule has 0 aromatic heterocycles. The zero-order valence-electron chi connectivity index (χ0n) is 20.9. The van der Waals surface area contributed by atoms with E-state index in [2.05, 4.69) is 26.0 Å². The zero-order chi connectivity index (χ0) is 25.4. The molecule has 1 atom stereocenters. The normalized spacial score (nSPS) is 14.4. The molecule has 2 aliphatic rings. The molecule has 0 radical (unpaired) electrons. The van der Waals surface area contributed by atoms with Crippen LogP contribution in [0.15, 0.2) is 48.5 Å². The highest BCUT2D eigenvalue weighted by Gasteiger charge is 2.30. The van der Waals surface area contributed by atoms with Crippen molar-refractivity contribution in [2.45, 2.75) is 46.0 Å². The largest absolute Gasteiger partial charge is 0.507 e. The summed E-state index contributed by atoms with van der Waals surface area (Å²) < 4.78 is 28.2. The van der Waals surface area contributed by atoms with Crippen LogP contribution in [0, 0.1) is 5.92 Å². The second-order valence-electron chi connectivity index (χ2n) is 9.83. The van der Waals surface area contributed by atoms with Crippen molar-refractivity contribution in [3.8, 4) is 34.5 Å². The van der Waals surface area contributed by atoms with Crippen LogP contribution in [0.25, 0.3) is 0 Å². The average Bonchev–Trinajstić information content (AvgIpc) is 3.47. The Balaban J connectivity index is 1.68. The summed E-state index contributed by atoms with van der Waals surface area (Å²) in [5, 5.41) is 11.1. The third-order valence-corrected chi connectivity index (χ3v) is 6.38. The Bertz CT molecular complexity index is 1280. The van der Waals surface area contributed by atoms with Crippen LogP contribution in [0.1, 0.15) is 68.2 Å². The zero-order valence-corrected chi connectivity index (χ0v) is 20.9. The Morgan fingerprint density at radius 2 is 1.33 bits per heavy atom. The lowest BCUT2D eigenvalue weighted by molar-refractivity contribution is -0.135. The van der Waals surface area contributed by atoms with Gasteiger partial charge in [-0.1, -0.05) is 52.0 Å². The Hall–Kier alpha value is -3.87. The maximum Gasteiger partial charge on any atom is 0.311 e. The maximum atomic E-state index is 12.7. The monoisotopic (exact) mass is 490 g/mol. The lowest BCUT2D eigenvalue weighted by Crippen LogP contribution is -2.14. The van der Waals surface area contributed by atoms with Gasteiger partial charge in [-0.3, -0.25) is 4.79 Å². The van der Waals surface area contributed by atoms with Crippen LogP contribution in [-0.4, -0.2) is 24.7 Å². The number of aromatic hydroxyl groups is 1. The van der Waals surface area contributed by atoms with Gasteiger partial charge in [0, 0.05) is 35.6 Å². The number of esters is 1. The standard InChI is InChI=1S/C29H30O7/c1-16(2)9-28(31)36-23-13-27-25(33-15-35-27)11-21(23)29(19-7-5-18(6-8-19)17(3)4)20-10-24-26(12-22(20)30)34-14-32-24/h5-8,10-13,16-17,29-30H,9,14-15H2,1-4H3/t29-/m1/s1. The first kappa shape index (κ1) is 23.9. The van der Waals surface area contributed by atoms with Crippen molar-refractivity contribution >= 4 is 5.97 Å². The number of phenols is 1. The lowest BCUT2D eigenvalue weighted by Gasteiger charge is -2.23. The van der Waals surface area contributed by atoms with E-state index in [1.165, 1.54) is 5.56 Å². The van der Waals surface area contributed by atoms with Crippen LogP contribution in [0.4, 0.5) is 0 Å². The molecule has 0 spiro atoms. The molecule has 0 unspecified atom stereocenters. The van der Waals surface area contributed by atoms with Crippen LogP contribution >= 0.6 is 0 Å². The molecule has 1 N–H and O–H groups in total. The van der Waals surface area contributed by atoms with Gasteiger partial charge in [0.05, 0.1) is 0 Å². The summed E-state index contributed by atoms with van der Waals surface area (Å²) in [7, 11) is 0. The van der Waals surface area contributed by atoms with Gasteiger partial charge >= 0.3 is 5.97 Å². The summed E-state index contributed by atoms with van der Waals surface area (Å²) >= 11 is 0. The molecule has 7 heteroatoms. The second kappa shape index (κ2) is 9.64. The fourth-order valence-corrected chi connectivity index (χ4v) is 4.53. The van der Waals surface area contributed by atoms with Crippen molar-refractivity contribution < 1.29 is 33.6 Å². The molecular formula is C29H30O7. The van der Waals surface area contributed by atoms with E-state index in [9.17, 15) is 9.90 Å². The van der Waals surface area contributed by atoms with E-state index in [0.717, 1.165) is 5.56 Å². The van der Waals surface area contributed by atoms with Gasteiger partial charge in [0.2, 0.25) is 13.6 Å². The lowest BCUT2D eigenvalue weighted by atomic mass is 9.83. The fraction of sp³-hybridized carbons (Fsp3) is 0.345. The Morgan fingerprint density at radius 3 is 1.92 bits per heavy atom. The Kier molecular flexibility index (Phi) is 6.39. The first-order valence-corrected chi connectivity index (χ1v) is 12.2. The number of phenolic OH excluding ortho intramolecular Hbond substituents is 1. The molecule has 0 bridgehead atoms. The molecule has 3 aromatic carbocycles. The van der Waals surface area contributed by atoms with Gasteiger partial charge in [0.1, 0.15) is 11.5 Å². The van der Waals surface area contributed by atoms with Gasteiger partial charge in [0.15, 0.2) is 23.0 Å². The molecule has 3 aromatic rings. The van der Waals surface area contributed by atoms with Gasteiger partial charge in [0.25, 0.3) is 0 Å². The molecule has 2 aliphatic heterocycles. The van der Waals surface area contributed by atoms with E-state index in [0.29, 0.717) is 45.8 Å². The molecule has 188 valence electrons. The van der Waals surface area contributed by atoms with E-state index in [1.807, 2.05) is 32.0 Å². The second-order valence-corrected chi connectivity index (χ2v) is 9.83. The van der Waals surface area contributed by atoms with Crippen LogP contribution in [0.3, 0.4) is 0 Å². The van der Waals surface area contributed by atoms with Crippen LogP contribution < -0.4 is 23.7 Å². The minimum atomic E-state index is -0.489. The SMILES string of the molecule is CC(C)CC(=O)Oc1cc2c(cc1[C@H](c1ccc(C(C)C)cc1)c1cc3c(cc1O)OCO3)OCO2. The van der Waals surface area contributed by atoms with Gasteiger partial charge in [-0.2, -0.15) is 0 Å². The number of fused-ring (bicyclic) bond motifs is 2. The molecule has 0 saturated heterocycles. The van der Waals surface area contributed by atoms with E-state index in [-0.39, 0.29) is 37.6 Å². The van der Waals surface area contributed by atoms with Crippen LogP contribution in [0.2, 0.25) is 0 Å². The summed E-state index contributed by atoms with van der Waals surface area (Å²) in [6.45, 7) is 8.38. The van der Waals surface area contributed by atoms with Crippen molar-refractivity contribution in [3.63, 3.8) is 0 Å². The van der Waals surface area contributed by atoms with Crippen molar-refractivity contribution in [1.82, 2.24) is 0 Å². The molecule has 0 aliphatic carbocycles. The first-order chi connectivity index (χ1) is 17.3. The Labute approximate surface area is 210 Å². The van der Waals surface area contributed by atoms with E-state index < -0.39 is 5.92 Å². The van der Waals surface area contributed by atoms with E-state index >= 15 is 0 Å². The smallest absolute Gasteiger partial charge is 0.311 e. The third kappa shape index (κ3) is 4.65. The molecular weight excluding hydrogens is 460 g/mol. The number of benzene rings is 3. The van der Waals surface area contributed by atoms with Gasteiger partial charge < -0.3 is 28.8 Å². The van der Waals surface area contributed by atoms with Gasteiger partial charge in [-0.15, -0.1) is 0 Å². The quantitative estimate of drug-likeness (QED) is 0.243. The average molecular weight is 491 g/mol. The minimum absolute atomic E-state index is 0.0503. The number of rotatable bonds is 7. The molecule has 0 amide bonds. The molecule has 0 fully saturated rings. The van der Waals surface area contributed by atoms with Crippen LogP contribution in [-0.2, 0) is 4.79 Å². The molecule has 36 heavy (non-hydrogen) atoms. The predicted molar refractivity (Wildman–Crippen MR) is 133 cm³/mol. The predicted octanol–water partition coefficient (Wildman–Crippen LogP) is 6.10. The van der Waals surface area contributed by atoms with Crippen molar-refractivity contribution in [3.05, 3.63) is 70.8 Å². The molecule has 2 heterocycles. The number of ether oxygens (including phenoxy) is 5. The summed E-state index contributed by atoms with van der Waals surface area (Å²) in [5.41, 5.74) is 3.37. The highest BCUT2D eigenvalue weighted by molar-refractivity contribution is 5.74. The van der Waals surface area contributed by atoms with E-state index in [1.54, 1.807) is 18.2 Å². The van der Waals surface area contributed by atoms with Crippen molar-refractivity contribution in [1.29, 1.82) is 0 Å². The maximum absolute atomic E-state index is 12.7. The van der Waals surface area contributed by atoms with E-state index in [4.69, 9.17) is 23.7 Å². The summed E-state index contributed by atoms with van der Waals surface area (Å²) in [4.78, 5) is 12.7. The fourth-order valence-electron chi connectivity index (χ4n) is 4.53. The molecule has 7 nitrogen and oxygen atoms in total. The molecule has 5 rings (SSSR count). The minimum Gasteiger partial charge on any atom is -0.507 e. The van der Waals surface area contributed by atoms with Crippen LogP contribution in [0.5, 0.6) is 34.5 Å². The van der Waals surface area contributed by atoms with Gasteiger partial charge in [-0.25, -0.2) is 0 Å². The first-order valence-electron chi connectivity index (χ1n) is 12.2. The van der Waals surface area contributed by atoms with Gasteiger partial charge in [-0.05, 0) is 35.1 Å². The Morgan fingerprint density at radius 1 is 0.806 bits per heavy atom. The highest BCUT2D eigenvalue weighted by atomic mass is 16.7. The highest BCUT2D eigenvalue weighted by Crippen LogP contribution is 2.49. The number of hydrogen-bond donors (Lipinski definition) is 1. The number of hydrogen-bond acceptors (Lipinski definition) is 7. The third-order valence-electron chi connectivity index (χ3n) is 6.38. The van der Waals surface area contributed by atoms with Crippen molar-refractivity contribution in [2.24, 2.45) is 5.92 Å². The summed E-state index contributed by atoms with van der Waals surface area (Å²) in [6.07, 6.45) is 0.275. The number of carbonyl (C=O) groups is 1. The summed E-state index contributed by atoms with van der Waals surface area (Å²) in [6, 6.07) is 15.1.